The van der Waals surface area contributed by atoms with E-state index in [9.17, 15) is 0 Å². The van der Waals surface area contributed by atoms with E-state index in [1.54, 1.807) is 19.3 Å². The van der Waals surface area contributed by atoms with Crippen LogP contribution in [0, 0.1) is 23.7 Å². The van der Waals surface area contributed by atoms with Crippen LogP contribution in [0.1, 0.15) is 98.3 Å². The second kappa shape index (κ2) is 9.83. The smallest absolute Gasteiger partial charge is 0.0380 e. The molecule has 0 spiro atoms. The molecule has 0 aromatic carbocycles. The Balaban J connectivity index is 2.18. The fourth-order valence-electron chi connectivity index (χ4n) is 3.71. The molecule has 0 nitrogen and oxygen atoms in total. The van der Waals surface area contributed by atoms with Crippen LogP contribution < -0.4 is 0 Å². The van der Waals surface area contributed by atoms with Crippen LogP contribution in [0.5, 0.6) is 0 Å². The van der Waals surface area contributed by atoms with Crippen LogP contribution >= 0.6 is 0 Å². The van der Waals surface area contributed by atoms with E-state index in [1.165, 1.54) is 51.4 Å². The molecule has 1 rings (SSSR count). The molecule has 1 aliphatic carbocycles. The van der Waals surface area contributed by atoms with Gasteiger partial charge in [-0.05, 0) is 42.9 Å². The van der Waals surface area contributed by atoms with Crippen molar-refractivity contribution in [2.75, 3.05) is 0 Å². The number of unbranched alkanes of at least 4 members (excludes halogenated alkanes) is 2. The Morgan fingerprint density at radius 2 is 1.16 bits per heavy atom. The minimum absolute atomic E-state index is 1.03. The molecule has 0 N–H and O–H groups in total. The largest absolute Gasteiger partial charge is 0.0654 e. The fourth-order valence-corrected chi connectivity index (χ4v) is 3.71. The summed E-state index contributed by atoms with van der Waals surface area (Å²) >= 11 is 0. The van der Waals surface area contributed by atoms with Gasteiger partial charge in [0.25, 0.3) is 0 Å². The molecule has 0 heterocycles. The Labute approximate surface area is 122 Å². The second-order valence-electron chi connectivity index (χ2n) is 7.06. The third-order valence-corrected chi connectivity index (χ3v) is 5.43. The highest BCUT2D eigenvalue weighted by atomic mass is 14.4. The highest BCUT2D eigenvalue weighted by Crippen LogP contribution is 2.48. The van der Waals surface area contributed by atoms with Gasteiger partial charge in [0, 0.05) is 0 Å². The van der Waals surface area contributed by atoms with E-state index < -0.39 is 0 Å². The van der Waals surface area contributed by atoms with Crippen LogP contribution in [0.4, 0.5) is 0 Å². The average molecular weight is 267 g/mol. The van der Waals surface area contributed by atoms with Gasteiger partial charge in [0.2, 0.25) is 0 Å². The van der Waals surface area contributed by atoms with E-state index in [0.717, 1.165) is 23.7 Å². The van der Waals surface area contributed by atoms with Crippen LogP contribution in [0.2, 0.25) is 0 Å². The molecule has 0 aromatic heterocycles. The third-order valence-electron chi connectivity index (χ3n) is 5.43. The molecule has 0 aromatic rings. The first kappa shape index (κ1) is 17.1. The van der Waals surface area contributed by atoms with Crippen LogP contribution in [0.15, 0.2) is 0 Å². The van der Waals surface area contributed by atoms with Crippen molar-refractivity contribution in [1.82, 2.24) is 0 Å². The maximum atomic E-state index is 2.40. The maximum Gasteiger partial charge on any atom is -0.0380 e. The Morgan fingerprint density at radius 3 is 1.47 bits per heavy atom. The summed E-state index contributed by atoms with van der Waals surface area (Å²) in [5, 5.41) is 0. The lowest BCUT2D eigenvalue weighted by Crippen LogP contribution is -2.04. The minimum atomic E-state index is 1.03. The molecule has 0 heteroatoms. The first-order valence-electron chi connectivity index (χ1n) is 9.24. The van der Waals surface area contributed by atoms with Crippen LogP contribution in [0.3, 0.4) is 0 Å². The standard InChI is InChI=1S/C19H38/c1-5-9-11-16(7-3)13-18-15-19(18)14-17(8-4)12-10-6-2/h16-19H,5-15H2,1-4H3. The van der Waals surface area contributed by atoms with Gasteiger partial charge in [-0.15, -0.1) is 0 Å². The summed E-state index contributed by atoms with van der Waals surface area (Å²) in [4.78, 5) is 0. The van der Waals surface area contributed by atoms with Crippen molar-refractivity contribution < 1.29 is 0 Å². The molecular formula is C19H38. The molecule has 1 aliphatic rings. The molecule has 0 bridgehead atoms. The summed E-state index contributed by atoms with van der Waals surface area (Å²) in [6, 6.07) is 0. The fraction of sp³-hybridized carbons (Fsp3) is 1.00. The molecule has 4 unspecified atom stereocenters. The average Bonchev–Trinajstić information content (AvgIpc) is 3.17. The van der Waals surface area contributed by atoms with Crippen molar-refractivity contribution >= 4 is 0 Å². The molecule has 0 radical (unpaired) electrons. The van der Waals surface area contributed by atoms with Crippen LogP contribution in [0.25, 0.3) is 0 Å². The van der Waals surface area contributed by atoms with Crippen LogP contribution in [-0.4, -0.2) is 0 Å². The van der Waals surface area contributed by atoms with Gasteiger partial charge in [0.15, 0.2) is 0 Å². The zero-order chi connectivity index (χ0) is 14.1. The third kappa shape index (κ3) is 6.82. The number of hydrogen-bond acceptors (Lipinski definition) is 0. The summed E-state index contributed by atoms with van der Waals surface area (Å²) in [7, 11) is 0. The van der Waals surface area contributed by atoms with Gasteiger partial charge < -0.3 is 0 Å². The van der Waals surface area contributed by atoms with Gasteiger partial charge in [-0.2, -0.15) is 0 Å². The highest BCUT2D eigenvalue weighted by Gasteiger charge is 2.38. The van der Waals surface area contributed by atoms with E-state index in [1.807, 2.05) is 0 Å². The summed E-state index contributed by atoms with van der Waals surface area (Å²) in [6.45, 7) is 9.44. The first-order chi connectivity index (χ1) is 9.24. The molecule has 1 fully saturated rings. The number of rotatable bonds is 12. The number of hydrogen-bond donors (Lipinski definition) is 0. The monoisotopic (exact) mass is 266 g/mol. The lowest BCUT2D eigenvalue weighted by atomic mass is 9.90. The van der Waals surface area contributed by atoms with Gasteiger partial charge >= 0.3 is 0 Å². The molecule has 0 amide bonds. The Kier molecular flexibility index (Phi) is 8.83. The normalized spacial score (nSPS) is 25.3. The van der Waals surface area contributed by atoms with Gasteiger partial charge in [0.1, 0.15) is 0 Å². The van der Waals surface area contributed by atoms with E-state index in [2.05, 4.69) is 27.7 Å². The predicted molar refractivity (Wildman–Crippen MR) is 87.4 cm³/mol. The van der Waals surface area contributed by atoms with E-state index in [-0.39, 0.29) is 0 Å². The molecule has 4 atom stereocenters. The molecule has 1 saturated carbocycles. The van der Waals surface area contributed by atoms with Gasteiger partial charge in [-0.25, -0.2) is 0 Å². The summed E-state index contributed by atoms with van der Waals surface area (Å²) in [6.07, 6.45) is 16.1. The zero-order valence-electron chi connectivity index (χ0n) is 14.1. The molecule has 0 aliphatic heterocycles. The Bertz CT molecular complexity index is 186. The maximum absolute atomic E-state index is 2.40. The van der Waals surface area contributed by atoms with Crippen molar-refractivity contribution in [3.63, 3.8) is 0 Å². The van der Waals surface area contributed by atoms with Crippen molar-refractivity contribution in [3.05, 3.63) is 0 Å². The molecular weight excluding hydrogens is 228 g/mol. The topological polar surface area (TPSA) is 0 Å². The summed E-state index contributed by atoms with van der Waals surface area (Å²) in [5.74, 6) is 4.28. The summed E-state index contributed by atoms with van der Waals surface area (Å²) < 4.78 is 0. The van der Waals surface area contributed by atoms with E-state index in [4.69, 9.17) is 0 Å². The highest BCUT2D eigenvalue weighted by molar-refractivity contribution is 4.89. The molecule has 0 saturated heterocycles. The second-order valence-corrected chi connectivity index (χ2v) is 7.06. The van der Waals surface area contributed by atoms with Crippen molar-refractivity contribution in [3.8, 4) is 0 Å². The lowest BCUT2D eigenvalue weighted by molar-refractivity contribution is 0.356. The van der Waals surface area contributed by atoms with Crippen molar-refractivity contribution in [1.29, 1.82) is 0 Å². The quantitative estimate of drug-likeness (QED) is 0.363. The lowest BCUT2D eigenvalue weighted by Gasteiger charge is -2.16. The van der Waals surface area contributed by atoms with Gasteiger partial charge in [-0.1, -0.05) is 79.1 Å². The minimum Gasteiger partial charge on any atom is -0.0654 e. The Morgan fingerprint density at radius 1 is 0.737 bits per heavy atom. The Hall–Kier alpha value is 0. The van der Waals surface area contributed by atoms with Crippen molar-refractivity contribution in [2.24, 2.45) is 23.7 Å². The van der Waals surface area contributed by atoms with E-state index >= 15 is 0 Å². The summed E-state index contributed by atoms with van der Waals surface area (Å²) in [5.41, 5.74) is 0. The molecule has 114 valence electrons. The first-order valence-corrected chi connectivity index (χ1v) is 9.24. The molecule has 19 heavy (non-hydrogen) atoms. The van der Waals surface area contributed by atoms with Gasteiger partial charge in [0.05, 0.1) is 0 Å². The SMILES string of the molecule is CCCCC(CC)CC1CC1CC(CC)CCCC. The predicted octanol–water partition coefficient (Wildman–Crippen LogP) is 6.84. The van der Waals surface area contributed by atoms with Crippen LogP contribution in [-0.2, 0) is 0 Å². The zero-order valence-corrected chi connectivity index (χ0v) is 14.1. The van der Waals surface area contributed by atoms with E-state index in [0.29, 0.717) is 0 Å². The van der Waals surface area contributed by atoms with Crippen molar-refractivity contribution in [2.45, 2.75) is 98.3 Å². The van der Waals surface area contributed by atoms with Gasteiger partial charge in [-0.3, -0.25) is 0 Å².